The number of nitrogens with zero attached hydrogens (tertiary/aromatic N) is 2. The van der Waals surface area contributed by atoms with Crippen molar-refractivity contribution in [3.63, 3.8) is 0 Å². The molecule has 2 heterocycles. The van der Waals surface area contributed by atoms with Crippen LogP contribution in [-0.2, 0) is 11.3 Å². The number of unbranched alkanes of at least 4 members (excludes halogenated alkanes) is 1. The van der Waals surface area contributed by atoms with Gasteiger partial charge in [0.15, 0.2) is 0 Å². The lowest BCUT2D eigenvalue weighted by Crippen LogP contribution is -2.54. The number of amides is 1. The number of hydrogen-bond acceptors (Lipinski definition) is 3. The Morgan fingerprint density at radius 1 is 1.50 bits per heavy atom. The molecule has 0 aliphatic carbocycles. The Labute approximate surface area is 133 Å². The van der Waals surface area contributed by atoms with Crippen molar-refractivity contribution in [1.82, 2.24) is 15.2 Å². The molecule has 1 atom stereocenters. The van der Waals surface area contributed by atoms with Gasteiger partial charge in [-0.1, -0.05) is 19.4 Å². The van der Waals surface area contributed by atoms with E-state index >= 15 is 0 Å². The first-order chi connectivity index (χ1) is 8.81. The summed E-state index contributed by atoms with van der Waals surface area (Å²) in [7, 11) is 0. The van der Waals surface area contributed by atoms with Crippen LogP contribution in [0.4, 0.5) is 0 Å². The second-order valence-electron chi connectivity index (χ2n) is 4.77. The fraction of sp³-hybridized carbons (Fsp3) is 0.571. The number of pyridine rings is 1. The zero-order valence-corrected chi connectivity index (χ0v) is 13.4. The summed E-state index contributed by atoms with van der Waals surface area (Å²) in [6.07, 6.45) is 6.72. The minimum absolute atomic E-state index is 0. The first-order valence-corrected chi connectivity index (χ1v) is 6.72. The van der Waals surface area contributed by atoms with E-state index in [-0.39, 0.29) is 36.8 Å². The van der Waals surface area contributed by atoms with Crippen molar-refractivity contribution < 1.29 is 4.79 Å². The van der Waals surface area contributed by atoms with E-state index in [1.165, 1.54) is 0 Å². The average Bonchev–Trinajstić information content (AvgIpc) is 2.33. The van der Waals surface area contributed by atoms with Crippen molar-refractivity contribution in [2.45, 2.75) is 38.8 Å². The third-order valence-corrected chi connectivity index (χ3v) is 3.31. The molecular formula is C14H23Cl2N3O. The molecule has 0 aromatic carbocycles. The molecule has 0 radical (unpaired) electrons. The first-order valence-electron chi connectivity index (χ1n) is 6.72. The highest BCUT2D eigenvalue weighted by molar-refractivity contribution is 5.85. The average molecular weight is 320 g/mol. The summed E-state index contributed by atoms with van der Waals surface area (Å²) in [6.45, 7) is 4.62. The lowest BCUT2D eigenvalue weighted by Gasteiger charge is -2.32. The highest BCUT2D eigenvalue weighted by Crippen LogP contribution is 2.11. The molecule has 1 aliphatic heterocycles. The molecule has 1 saturated heterocycles. The van der Waals surface area contributed by atoms with E-state index < -0.39 is 0 Å². The van der Waals surface area contributed by atoms with Crippen LogP contribution in [0.15, 0.2) is 24.5 Å². The van der Waals surface area contributed by atoms with E-state index in [4.69, 9.17) is 0 Å². The lowest BCUT2D eigenvalue weighted by atomic mass is 10.1. The number of carbonyl (C=O) groups excluding carboxylic acids is 1. The molecule has 1 aromatic rings. The predicted molar refractivity (Wildman–Crippen MR) is 85.5 cm³/mol. The van der Waals surface area contributed by atoms with Gasteiger partial charge in [0.1, 0.15) is 0 Å². The number of halogens is 2. The molecular weight excluding hydrogens is 297 g/mol. The summed E-state index contributed by atoms with van der Waals surface area (Å²) in [5, 5.41) is 3.18. The Balaban J connectivity index is 0.00000180. The summed E-state index contributed by atoms with van der Waals surface area (Å²) in [6, 6.07) is 3.98. The van der Waals surface area contributed by atoms with Gasteiger partial charge >= 0.3 is 0 Å². The van der Waals surface area contributed by atoms with Gasteiger partial charge in [-0.25, -0.2) is 0 Å². The minimum Gasteiger partial charge on any atom is -0.337 e. The molecule has 1 unspecified atom stereocenters. The fourth-order valence-electron chi connectivity index (χ4n) is 2.05. The maximum absolute atomic E-state index is 12.3. The fourth-order valence-corrected chi connectivity index (χ4v) is 2.05. The summed E-state index contributed by atoms with van der Waals surface area (Å²) in [5.41, 5.74) is 1.10. The maximum atomic E-state index is 12.3. The molecule has 0 saturated carbocycles. The van der Waals surface area contributed by atoms with E-state index in [9.17, 15) is 4.79 Å². The van der Waals surface area contributed by atoms with Crippen LogP contribution in [0.25, 0.3) is 0 Å². The summed E-state index contributed by atoms with van der Waals surface area (Å²) < 4.78 is 0. The topological polar surface area (TPSA) is 45.2 Å². The quantitative estimate of drug-likeness (QED) is 0.875. The van der Waals surface area contributed by atoms with Crippen LogP contribution in [0.3, 0.4) is 0 Å². The Bertz CT molecular complexity index is 385. The zero-order valence-electron chi connectivity index (χ0n) is 11.7. The first kappa shape index (κ1) is 19.2. The van der Waals surface area contributed by atoms with Crippen LogP contribution >= 0.6 is 24.8 Å². The van der Waals surface area contributed by atoms with Crippen molar-refractivity contribution >= 4 is 30.7 Å². The van der Waals surface area contributed by atoms with Gasteiger partial charge in [0, 0.05) is 25.5 Å². The standard InChI is InChI=1S/C14H21N3O.2ClH/c1-2-3-9-17(14(18)13-6-8-16-13)11-12-5-4-7-15-10-12;;/h4-5,7,10,13,16H,2-3,6,8-9,11H2,1H3;2*1H. The van der Waals surface area contributed by atoms with Crippen LogP contribution in [0.5, 0.6) is 0 Å². The second kappa shape index (κ2) is 9.97. The molecule has 1 amide bonds. The molecule has 1 fully saturated rings. The lowest BCUT2D eigenvalue weighted by molar-refractivity contribution is -0.135. The van der Waals surface area contributed by atoms with E-state index in [1.54, 1.807) is 6.20 Å². The van der Waals surface area contributed by atoms with Crippen LogP contribution in [0.1, 0.15) is 31.7 Å². The number of rotatable bonds is 6. The second-order valence-corrected chi connectivity index (χ2v) is 4.77. The Morgan fingerprint density at radius 3 is 2.75 bits per heavy atom. The summed E-state index contributed by atoms with van der Waals surface area (Å²) >= 11 is 0. The van der Waals surface area contributed by atoms with E-state index in [0.717, 1.165) is 37.9 Å². The highest BCUT2D eigenvalue weighted by Gasteiger charge is 2.28. The third kappa shape index (κ3) is 5.27. The van der Waals surface area contributed by atoms with Crippen LogP contribution in [-0.4, -0.2) is 34.9 Å². The van der Waals surface area contributed by atoms with Crippen molar-refractivity contribution in [2.75, 3.05) is 13.1 Å². The molecule has 1 N–H and O–H groups in total. The molecule has 0 bridgehead atoms. The van der Waals surface area contributed by atoms with Gasteiger partial charge in [0.2, 0.25) is 5.91 Å². The summed E-state index contributed by atoms with van der Waals surface area (Å²) in [4.78, 5) is 18.3. The van der Waals surface area contributed by atoms with Crippen molar-refractivity contribution in [1.29, 1.82) is 0 Å². The van der Waals surface area contributed by atoms with E-state index in [1.807, 2.05) is 23.2 Å². The molecule has 1 aromatic heterocycles. The predicted octanol–water partition coefficient (Wildman–Crippen LogP) is 2.42. The minimum atomic E-state index is 0. The third-order valence-electron chi connectivity index (χ3n) is 3.31. The van der Waals surface area contributed by atoms with Crippen molar-refractivity contribution in [3.05, 3.63) is 30.1 Å². The van der Waals surface area contributed by atoms with Crippen LogP contribution in [0, 0.1) is 0 Å². The molecule has 1 aliphatic rings. The maximum Gasteiger partial charge on any atom is 0.240 e. The van der Waals surface area contributed by atoms with Crippen molar-refractivity contribution in [2.24, 2.45) is 0 Å². The Hall–Kier alpha value is -0.840. The molecule has 114 valence electrons. The molecule has 2 rings (SSSR count). The van der Waals surface area contributed by atoms with Gasteiger partial charge in [-0.3, -0.25) is 9.78 Å². The monoisotopic (exact) mass is 319 g/mol. The van der Waals surface area contributed by atoms with Crippen LogP contribution < -0.4 is 5.32 Å². The molecule has 4 nitrogen and oxygen atoms in total. The van der Waals surface area contributed by atoms with E-state index in [2.05, 4.69) is 17.2 Å². The number of carbonyl (C=O) groups is 1. The number of aromatic nitrogens is 1. The normalized spacial score (nSPS) is 16.4. The van der Waals surface area contributed by atoms with Gasteiger partial charge in [0.25, 0.3) is 0 Å². The van der Waals surface area contributed by atoms with Gasteiger partial charge in [-0.15, -0.1) is 24.8 Å². The smallest absolute Gasteiger partial charge is 0.240 e. The Kier molecular flexibility index (Phi) is 9.55. The Morgan fingerprint density at radius 2 is 2.25 bits per heavy atom. The van der Waals surface area contributed by atoms with E-state index in [0.29, 0.717) is 6.54 Å². The largest absolute Gasteiger partial charge is 0.337 e. The van der Waals surface area contributed by atoms with Gasteiger partial charge < -0.3 is 10.2 Å². The number of hydrogen-bond donors (Lipinski definition) is 1. The molecule has 6 heteroatoms. The van der Waals surface area contributed by atoms with Gasteiger partial charge in [-0.05, 0) is 31.0 Å². The van der Waals surface area contributed by atoms with Crippen LogP contribution in [0.2, 0.25) is 0 Å². The number of nitrogens with one attached hydrogen (secondary N) is 1. The van der Waals surface area contributed by atoms with Crippen molar-refractivity contribution in [3.8, 4) is 0 Å². The van der Waals surface area contributed by atoms with Gasteiger partial charge in [0.05, 0.1) is 6.04 Å². The molecule has 0 spiro atoms. The zero-order chi connectivity index (χ0) is 12.8. The highest BCUT2D eigenvalue weighted by atomic mass is 35.5. The van der Waals surface area contributed by atoms with Gasteiger partial charge in [-0.2, -0.15) is 0 Å². The summed E-state index contributed by atoms with van der Waals surface area (Å²) in [5.74, 6) is 0.235. The molecule has 20 heavy (non-hydrogen) atoms. The SMILES string of the molecule is CCCCN(Cc1cccnc1)C(=O)C1CCN1.Cl.Cl.